The lowest BCUT2D eigenvalue weighted by molar-refractivity contribution is 0.0669. The number of ether oxygens (including phenoxy) is 1. The van der Waals surface area contributed by atoms with E-state index in [-0.39, 0.29) is 23.7 Å². The Morgan fingerprint density at radius 1 is 1.30 bits per heavy atom. The topological polar surface area (TPSA) is 97.6 Å². The minimum absolute atomic E-state index is 0.0649. The molecule has 30 heavy (non-hydrogen) atoms. The first kappa shape index (κ1) is 19.7. The van der Waals surface area contributed by atoms with Crippen LogP contribution in [0.1, 0.15) is 30.1 Å². The molecule has 9 heteroatoms. The molecule has 1 saturated heterocycles. The standard InChI is InChI=1S/C21H23IN6O2/c1-12-3-2-4-13-9-15(28(21(29)16(12)13)14-5-7-30-8-6-14)10-27-20-17(18(22)26-27)19(23)24-11-25-20/h2-4,9,11,14,17,20H,5-8,10H2,1H3,(H2,23,24,25). The molecule has 0 radical (unpaired) electrons. The van der Waals surface area contributed by atoms with Crippen LogP contribution in [0.15, 0.2) is 44.1 Å². The van der Waals surface area contributed by atoms with Crippen LogP contribution in [0.5, 0.6) is 0 Å². The van der Waals surface area contributed by atoms with Crippen molar-refractivity contribution in [1.82, 2.24) is 9.58 Å². The first-order chi connectivity index (χ1) is 14.5. The van der Waals surface area contributed by atoms with Crippen molar-refractivity contribution in [3.8, 4) is 0 Å². The van der Waals surface area contributed by atoms with Crippen molar-refractivity contribution in [2.24, 2.45) is 26.7 Å². The molecule has 156 valence electrons. The van der Waals surface area contributed by atoms with Gasteiger partial charge in [0, 0.05) is 24.9 Å². The highest BCUT2D eigenvalue weighted by molar-refractivity contribution is 14.1. The van der Waals surface area contributed by atoms with E-state index in [4.69, 9.17) is 15.6 Å². The second-order valence-corrected chi connectivity index (χ2v) is 9.03. The van der Waals surface area contributed by atoms with Gasteiger partial charge >= 0.3 is 0 Å². The quantitative estimate of drug-likeness (QED) is 0.632. The summed E-state index contributed by atoms with van der Waals surface area (Å²) in [6.45, 7) is 3.82. The summed E-state index contributed by atoms with van der Waals surface area (Å²) in [5, 5.41) is 8.39. The normalized spacial score (nSPS) is 24.1. The van der Waals surface area contributed by atoms with E-state index < -0.39 is 0 Å². The average molecular weight is 518 g/mol. The van der Waals surface area contributed by atoms with Gasteiger partial charge in [0.05, 0.1) is 11.9 Å². The number of hydrogen-bond donors (Lipinski definition) is 1. The van der Waals surface area contributed by atoms with Gasteiger partial charge in [-0.2, -0.15) is 5.10 Å². The van der Waals surface area contributed by atoms with E-state index in [0.717, 1.165) is 38.6 Å². The van der Waals surface area contributed by atoms with E-state index in [1.807, 2.05) is 34.7 Å². The van der Waals surface area contributed by atoms with Crippen LogP contribution in [0.25, 0.3) is 10.8 Å². The van der Waals surface area contributed by atoms with Crippen molar-refractivity contribution >= 4 is 49.3 Å². The van der Waals surface area contributed by atoms with Gasteiger partial charge in [0.2, 0.25) is 0 Å². The number of aryl methyl sites for hydroxylation is 1. The van der Waals surface area contributed by atoms with Crippen molar-refractivity contribution in [3.05, 3.63) is 45.9 Å². The summed E-state index contributed by atoms with van der Waals surface area (Å²) in [6.07, 6.45) is 2.94. The molecule has 1 fully saturated rings. The minimum atomic E-state index is -0.221. The predicted octanol–water partition coefficient (Wildman–Crippen LogP) is 2.57. The number of nitrogens with zero attached hydrogens (tertiary/aromatic N) is 5. The maximum Gasteiger partial charge on any atom is 0.259 e. The zero-order valence-corrected chi connectivity index (χ0v) is 18.8. The number of hydrazone groups is 1. The molecule has 3 aliphatic heterocycles. The number of hydrogen-bond acceptors (Lipinski definition) is 7. The zero-order chi connectivity index (χ0) is 20.8. The molecule has 0 amide bonds. The number of rotatable bonds is 3. The molecule has 1 aromatic carbocycles. The van der Waals surface area contributed by atoms with E-state index in [1.165, 1.54) is 6.34 Å². The molecule has 1 aromatic heterocycles. The van der Waals surface area contributed by atoms with Crippen molar-refractivity contribution < 1.29 is 4.74 Å². The van der Waals surface area contributed by atoms with E-state index in [0.29, 0.717) is 25.6 Å². The summed E-state index contributed by atoms with van der Waals surface area (Å²) >= 11 is 2.21. The first-order valence-electron chi connectivity index (χ1n) is 10.1. The number of halogens is 1. The first-order valence-corrected chi connectivity index (χ1v) is 11.2. The van der Waals surface area contributed by atoms with Gasteiger partial charge in [0.25, 0.3) is 5.56 Å². The largest absolute Gasteiger partial charge is 0.386 e. The molecule has 0 spiro atoms. The minimum Gasteiger partial charge on any atom is -0.386 e. The smallest absolute Gasteiger partial charge is 0.259 e. The van der Waals surface area contributed by atoms with Crippen LogP contribution in [-0.4, -0.2) is 44.8 Å². The lowest BCUT2D eigenvalue weighted by Crippen LogP contribution is -2.42. The maximum absolute atomic E-state index is 13.6. The number of amidine groups is 1. The number of benzene rings is 1. The highest BCUT2D eigenvalue weighted by atomic mass is 127. The second-order valence-electron chi connectivity index (χ2n) is 7.92. The predicted molar refractivity (Wildman–Crippen MR) is 126 cm³/mol. The Hall–Kier alpha value is -2.27. The zero-order valence-electron chi connectivity index (χ0n) is 16.7. The molecular formula is C21H23IN6O2. The molecule has 2 atom stereocenters. The molecule has 2 aromatic rings. The molecule has 5 rings (SSSR count). The lowest BCUT2D eigenvalue weighted by atomic mass is 10.0. The number of aromatic nitrogens is 1. The van der Waals surface area contributed by atoms with Crippen LogP contribution >= 0.6 is 22.6 Å². The van der Waals surface area contributed by atoms with Crippen LogP contribution < -0.4 is 11.3 Å². The molecule has 0 aliphatic carbocycles. The van der Waals surface area contributed by atoms with Gasteiger partial charge in [-0.3, -0.25) is 9.80 Å². The van der Waals surface area contributed by atoms with Gasteiger partial charge in [0.15, 0.2) is 6.17 Å². The number of pyridine rings is 1. The number of aliphatic imine (C=N–C) groups is 2. The van der Waals surface area contributed by atoms with Gasteiger partial charge < -0.3 is 15.0 Å². The maximum atomic E-state index is 13.6. The third-order valence-corrected chi connectivity index (χ3v) is 6.96. The van der Waals surface area contributed by atoms with E-state index in [9.17, 15) is 4.79 Å². The fourth-order valence-electron chi connectivity index (χ4n) is 4.59. The average Bonchev–Trinajstić information content (AvgIpc) is 3.05. The number of fused-ring (bicyclic) bond motifs is 2. The van der Waals surface area contributed by atoms with Crippen molar-refractivity contribution in [1.29, 1.82) is 0 Å². The van der Waals surface area contributed by atoms with Crippen LogP contribution in [0.4, 0.5) is 0 Å². The summed E-state index contributed by atoms with van der Waals surface area (Å²) < 4.78 is 8.38. The van der Waals surface area contributed by atoms with Gasteiger partial charge in [-0.15, -0.1) is 0 Å². The lowest BCUT2D eigenvalue weighted by Gasteiger charge is -2.30. The number of nitrogens with two attached hydrogens (primary N) is 1. The summed E-state index contributed by atoms with van der Waals surface area (Å²) in [5.41, 5.74) is 8.11. The van der Waals surface area contributed by atoms with E-state index in [1.54, 1.807) is 0 Å². The van der Waals surface area contributed by atoms with Crippen molar-refractivity contribution in [2.45, 2.75) is 38.5 Å². The van der Waals surface area contributed by atoms with Crippen LogP contribution in [0.3, 0.4) is 0 Å². The van der Waals surface area contributed by atoms with Gasteiger partial charge in [-0.05, 0) is 59.4 Å². The Kier molecular flexibility index (Phi) is 5.10. The third-order valence-electron chi connectivity index (χ3n) is 6.08. The molecule has 3 aliphatic rings. The fraction of sp³-hybridized carbons (Fsp3) is 0.429. The molecule has 4 heterocycles. The van der Waals surface area contributed by atoms with E-state index >= 15 is 0 Å². The molecule has 0 bridgehead atoms. The second kappa shape index (κ2) is 7.77. The SMILES string of the molecule is Cc1cccc2cc(CN3N=C(I)C4C(N)=NC=NC43)n(C3CCOCC3)c(=O)c12. The Morgan fingerprint density at radius 2 is 2.10 bits per heavy atom. The molecule has 0 saturated carbocycles. The Morgan fingerprint density at radius 3 is 2.90 bits per heavy atom. The van der Waals surface area contributed by atoms with Crippen molar-refractivity contribution in [2.75, 3.05) is 13.2 Å². The Labute approximate surface area is 187 Å². The molecule has 2 N–H and O–H groups in total. The van der Waals surface area contributed by atoms with Crippen molar-refractivity contribution in [3.63, 3.8) is 0 Å². The molecule has 8 nitrogen and oxygen atoms in total. The van der Waals surface area contributed by atoms with Gasteiger partial charge in [0.1, 0.15) is 21.8 Å². The monoisotopic (exact) mass is 518 g/mol. The van der Waals surface area contributed by atoms with Gasteiger partial charge in [-0.25, -0.2) is 9.98 Å². The molecule has 2 unspecified atom stereocenters. The molecular weight excluding hydrogens is 495 g/mol. The summed E-state index contributed by atoms with van der Waals surface area (Å²) in [4.78, 5) is 22.3. The van der Waals surface area contributed by atoms with Crippen LogP contribution in [0, 0.1) is 12.8 Å². The Bertz CT molecular complexity index is 1150. The Balaban J connectivity index is 1.61. The third kappa shape index (κ3) is 3.24. The summed E-state index contributed by atoms with van der Waals surface area (Å²) in [7, 11) is 0. The van der Waals surface area contributed by atoms with Gasteiger partial charge in [-0.1, -0.05) is 18.2 Å². The highest BCUT2D eigenvalue weighted by Crippen LogP contribution is 2.31. The summed E-state index contributed by atoms with van der Waals surface area (Å²) in [5.74, 6) is 0.406. The fourth-order valence-corrected chi connectivity index (χ4v) is 5.51. The highest BCUT2D eigenvalue weighted by Gasteiger charge is 2.40. The van der Waals surface area contributed by atoms with Crippen LogP contribution in [-0.2, 0) is 11.3 Å². The van der Waals surface area contributed by atoms with Crippen LogP contribution in [0.2, 0.25) is 0 Å². The summed E-state index contributed by atoms with van der Waals surface area (Å²) in [6, 6.07) is 8.24. The van der Waals surface area contributed by atoms with E-state index in [2.05, 4.69) is 38.6 Å².